The predicted molar refractivity (Wildman–Crippen MR) is 78.0 cm³/mol. The van der Waals surface area contributed by atoms with Crippen LogP contribution in [0.3, 0.4) is 0 Å². The molecule has 18 heavy (non-hydrogen) atoms. The van der Waals surface area contributed by atoms with Crippen molar-refractivity contribution in [2.24, 2.45) is 5.73 Å². The zero-order valence-corrected chi connectivity index (χ0v) is 11.9. The van der Waals surface area contributed by atoms with Crippen LogP contribution in [-0.2, 0) is 10.0 Å². The number of thiocarbonyl (C=S) groups is 1. The van der Waals surface area contributed by atoms with E-state index in [4.69, 9.17) is 5.73 Å². The number of benzene rings is 1. The minimum Gasteiger partial charge on any atom is -0.392 e. The molecule has 1 atom stereocenters. The molecule has 100 valence electrons. The van der Waals surface area contributed by atoms with Gasteiger partial charge in [0, 0.05) is 6.54 Å². The summed E-state index contributed by atoms with van der Waals surface area (Å²) >= 11 is 4.58. The van der Waals surface area contributed by atoms with Crippen molar-refractivity contribution in [2.75, 3.05) is 12.3 Å². The zero-order chi connectivity index (χ0) is 13.6. The summed E-state index contributed by atoms with van der Waals surface area (Å²) < 4.78 is 25.5. The molecular formula is C12H18N2O2S2. The number of hydrogen-bond acceptors (Lipinski definition) is 3. The van der Waals surface area contributed by atoms with Crippen molar-refractivity contribution in [1.82, 2.24) is 4.72 Å². The van der Waals surface area contributed by atoms with Crippen LogP contribution in [0.4, 0.5) is 0 Å². The Hall–Kier alpha value is -0.980. The largest absolute Gasteiger partial charge is 0.392 e. The van der Waals surface area contributed by atoms with Crippen molar-refractivity contribution < 1.29 is 8.42 Å². The van der Waals surface area contributed by atoms with Crippen molar-refractivity contribution in [3.05, 3.63) is 35.9 Å². The molecule has 0 saturated heterocycles. The predicted octanol–water partition coefficient (Wildman–Crippen LogP) is 1.39. The Labute approximate surface area is 114 Å². The number of rotatable bonds is 7. The lowest BCUT2D eigenvalue weighted by Crippen LogP contribution is -2.33. The molecule has 0 amide bonds. The van der Waals surface area contributed by atoms with Crippen LogP contribution >= 0.6 is 12.2 Å². The third kappa shape index (κ3) is 5.57. The Kier molecular flexibility index (Phi) is 5.71. The van der Waals surface area contributed by atoms with E-state index in [0.717, 1.165) is 6.42 Å². The van der Waals surface area contributed by atoms with Crippen molar-refractivity contribution in [2.45, 2.75) is 19.3 Å². The Morgan fingerprint density at radius 2 is 2.00 bits per heavy atom. The van der Waals surface area contributed by atoms with Gasteiger partial charge in [0.15, 0.2) is 0 Å². The van der Waals surface area contributed by atoms with Crippen LogP contribution in [-0.4, -0.2) is 25.7 Å². The van der Waals surface area contributed by atoms with Crippen LogP contribution in [0, 0.1) is 0 Å². The highest BCUT2D eigenvalue weighted by Gasteiger charge is 2.12. The van der Waals surface area contributed by atoms with Gasteiger partial charge in [0.05, 0.1) is 4.99 Å². The molecule has 0 aliphatic rings. The summed E-state index contributed by atoms with van der Waals surface area (Å²) in [7, 11) is -3.37. The quantitative estimate of drug-likeness (QED) is 0.743. The molecule has 1 unspecified atom stereocenters. The number of nitrogens with two attached hydrogens (primary N) is 1. The second-order valence-corrected chi connectivity index (χ2v) is 6.55. The first-order chi connectivity index (χ1) is 8.41. The monoisotopic (exact) mass is 286 g/mol. The van der Waals surface area contributed by atoms with Gasteiger partial charge in [-0.25, -0.2) is 13.1 Å². The van der Waals surface area contributed by atoms with Crippen LogP contribution in [0.15, 0.2) is 30.3 Å². The lowest BCUT2D eigenvalue weighted by molar-refractivity contribution is 0.576. The molecule has 0 saturated carbocycles. The lowest BCUT2D eigenvalue weighted by atomic mass is 9.98. The highest BCUT2D eigenvalue weighted by atomic mass is 32.2. The molecule has 1 rings (SSSR count). The first-order valence-corrected chi connectivity index (χ1v) is 7.77. The fourth-order valence-corrected chi connectivity index (χ4v) is 2.99. The molecule has 0 aromatic heterocycles. The Bertz CT molecular complexity index is 486. The SMILES string of the molecule is CC(CCNS(=O)(=O)CC(N)=S)c1ccccc1. The summed E-state index contributed by atoms with van der Waals surface area (Å²) in [6, 6.07) is 9.98. The van der Waals surface area contributed by atoms with Crippen LogP contribution in [0.2, 0.25) is 0 Å². The molecule has 1 aromatic carbocycles. The molecular weight excluding hydrogens is 268 g/mol. The summed E-state index contributed by atoms with van der Waals surface area (Å²) in [5.41, 5.74) is 6.41. The summed E-state index contributed by atoms with van der Waals surface area (Å²) in [5.74, 6) is 0.0147. The van der Waals surface area contributed by atoms with E-state index < -0.39 is 10.0 Å². The van der Waals surface area contributed by atoms with E-state index in [-0.39, 0.29) is 10.7 Å². The van der Waals surface area contributed by atoms with E-state index in [2.05, 4.69) is 23.9 Å². The molecule has 0 aliphatic carbocycles. The molecule has 4 nitrogen and oxygen atoms in total. The average molecular weight is 286 g/mol. The van der Waals surface area contributed by atoms with Gasteiger partial charge >= 0.3 is 0 Å². The van der Waals surface area contributed by atoms with Gasteiger partial charge in [-0.1, -0.05) is 49.5 Å². The third-order valence-corrected chi connectivity index (χ3v) is 4.26. The standard InChI is InChI=1S/C12H18N2O2S2/c1-10(11-5-3-2-4-6-11)7-8-14-18(15,16)9-12(13)17/h2-6,10,14H,7-9H2,1H3,(H2,13,17). The molecule has 3 N–H and O–H groups in total. The minimum absolute atomic E-state index is 0.0152. The Balaban J connectivity index is 2.41. The van der Waals surface area contributed by atoms with Crippen molar-refractivity contribution in [3.63, 3.8) is 0 Å². The van der Waals surface area contributed by atoms with Gasteiger partial charge < -0.3 is 5.73 Å². The zero-order valence-electron chi connectivity index (χ0n) is 10.3. The number of hydrogen-bond donors (Lipinski definition) is 2. The van der Waals surface area contributed by atoms with Crippen molar-refractivity contribution >= 4 is 27.2 Å². The van der Waals surface area contributed by atoms with Gasteiger partial charge in [-0.15, -0.1) is 0 Å². The van der Waals surface area contributed by atoms with E-state index in [1.165, 1.54) is 5.56 Å². The molecule has 0 bridgehead atoms. The maximum Gasteiger partial charge on any atom is 0.218 e. The van der Waals surface area contributed by atoms with Gasteiger partial charge in [0.2, 0.25) is 10.0 Å². The molecule has 0 aliphatic heterocycles. The van der Waals surface area contributed by atoms with Crippen LogP contribution in [0.1, 0.15) is 24.8 Å². The highest BCUT2D eigenvalue weighted by Crippen LogP contribution is 2.17. The van der Waals surface area contributed by atoms with Crippen LogP contribution < -0.4 is 10.5 Å². The number of nitrogens with one attached hydrogen (secondary N) is 1. The fourth-order valence-electron chi connectivity index (χ4n) is 1.62. The normalized spacial score (nSPS) is 13.2. The van der Waals surface area contributed by atoms with E-state index in [9.17, 15) is 8.42 Å². The number of sulfonamides is 1. The second kappa shape index (κ2) is 6.82. The Morgan fingerprint density at radius 3 is 2.56 bits per heavy atom. The van der Waals surface area contributed by atoms with Gasteiger partial charge in [-0.3, -0.25) is 0 Å². The fraction of sp³-hybridized carbons (Fsp3) is 0.417. The maximum absolute atomic E-state index is 11.5. The van der Waals surface area contributed by atoms with Gasteiger partial charge in [0.1, 0.15) is 5.75 Å². The first-order valence-electron chi connectivity index (χ1n) is 5.71. The third-order valence-electron chi connectivity index (χ3n) is 2.60. The molecule has 0 heterocycles. The molecule has 6 heteroatoms. The summed E-state index contributed by atoms with van der Waals surface area (Å²) in [6.07, 6.45) is 0.737. The second-order valence-electron chi connectivity index (χ2n) is 4.22. The topological polar surface area (TPSA) is 72.2 Å². The van der Waals surface area contributed by atoms with E-state index in [1.54, 1.807) is 0 Å². The summed E-state index contributed by atoms with van der Waals surface area (Å²) in [6.45, 7) is 2.46. The summed E-state index contributed by atoms with van der Waals surface area (Å²) in [4.78, 5) is -0.0152. The van der Waals surface area contributed by atoms with Crippen molar-refractivity contribution in [1.29, 1.82) is 0 Å². The van der Waals surface area contributed by atoms with Crippen LogP contribution in [0.25, 0.3) is 0 Å². The first kappa shape index (κ1) is 15.1. The van der Waals surface area contributed by atoms with E-state index >= 15 is 0 Å². The van der Waals surface area contributed by atoms with Crippen molar-refractivity contribution in [3.8, 4) is 0 Å². The smallest absolute Gasteiger partial charge is 0.218 e. The van der Waals surface area contributed by atoms with E-state index in [0.29, 0.717) is 12.5 Å². The highest BCUT2D eigenvalue weighted by molar-refractivity contribution is 7.92. The van der Waals surface area contributed by atoms with E-state index in [1.807, 2.05) is 30.3 Å². The maximum atomic E-state index is 11.5. The average Bonchev–Trinajstić information content (AvgIpc) is 2.28. The summed E-state index contributed by atoms with van der Waals surface area (Å²) in [5, 5.41) is 0. The molecule has 0 radical (unpaired) electrons. The molecule has 1 aromatic rings. The Morgan fingerprint density at radius 1 is 1.39 bits per heavy atom. The molecule has 0 fully saturated rings. The minimum atomic E-state index is -3.37. The van der Waals surface area contributed by atoms with Crippen LogP contribution in [0.5, 0.6) is 0 Å². The van der Waals surface area contributed by atoms with Gasteiger partial charge in [0.25, 0.3) is 0 Å². The van der Waals surface area contributed by atoms with Gasteiger partial charge in [-0.05, 0) is 17.9 Å². The lowest BCUT2D eigenvalue weighted by Gasteiger charge is -2.12. The van der Waals surface area contributed by atoms with Gasteiger partial charge in [-0.2, -0.15) is 0 Å². The molecule has 0 spiro atoms.